The van der Waals surface area contributed by atoms with Gasteiger partial charge in [0.2, 0.25) is 0 Å². The number of hydrogen-bond donors (Lipinski definition) is 2. The van der Waals surface area contributed by atoms with E-state index in [4.69, 9.17) is 5.73 Å². The molecule has 1 aromatic rings. The maximum Gasteiger partial charge on any atom is 0.416 e. The SMILES string of the molecule is NCC(CO)N1CCN(c2cccc(C(F)(F)F)c2)CC1. The van der Waals surface area contributed by atoms with Crippen LogP contribution in [0.1, 0.15) is 5.56 Å². The molecule has 21 heavy (non-hydrogen) atoms. The largest absolute Gasteiger partial charge is 0.416 e. The molecule has 7 heteroatoms. The minimum Gasteiger partial charge on any atom is -0.395 e. The molecule has 1 saturated heterocycles. The number of piperazine rings is 1. The van der Waals surface area contributed by atoms with Crippen molar-refractivity contribution < 1.29 is 18.3 Å². The molecule has 1 aliphatic rings. The fraction of sp³-hybridized carbons (Fsp3) is 0.571. The van der Waals surface area contributed by atoms with Gasteiger partial charge in [-0.15, -0.1) is 0 Å². The van der Waals surface area contributed by atoms with Crippen LogP contribution in [-0.2, 0) is 6.18 Å². The maximum absolute atomic E-state index is 12.7. The van der Waals surface area contributed by atoms with Gasteiger partial charge in [-0.25, -0.2) is 0 Å². The Morgan fingerprint density at radius 2 is 1.86 bits per heavy atom. The van der Waals surface area contributed by atoms with E-state index in [9.17, 15) is 18.3 Å². The van der Waals surface area contributed by atoms with Gasteiger partial charge in [0.1, 0.15) is 0 Å². The topological polar surface area (TPSA) is 52.7 Å². The third-order valence-electron chi connectivity index (χ3n) is 3.85. The summed E-state index contributed by atoms with van der Waals surface area (Å²) in [5, 5.41) is 9.23. The van der Waals surface area contributed by atoms with E-state index in [0.29, 0.717) is 38.4 Å². The molecule has 1 fully saturated rings. The summed E-state index contributed by atoms with van der Waals surface area (Å²) in [5.74, 6) is 0. The highest BCUT2D eigenvalue weighted by atomic mass is 19.4. The van der Waals surface area contributed by atoms with Crippen LogP contribution in [-0.4, -0.2) is 55.4 Å². The van der Waals surface area contributed by atoms with Gasteiger partial charge in [0, 0.05) is 44.5 Å². The first-order valence-electron chi connectivity index (χ1n) is 6.93. The number of aliphatic hydroxyl groups is 1. The number of aliphatic hydroxyl groups excluding tert-OH is 1. The van der Waals surface area contributed by atoms with Crippen LogP contribution in [0.2, 0.25) is 0 Å². The summed E-state index contributed by atoms with van der Waals surface area (Å²) in [6.45, 7) is 2.98. The summed E-state index contributed by atoms with van der Waals surface area (Å²) < 4.78 is 38.2. The molecule has 3 N–H and O–H groups in total. The van der Waals surface area contributed by atoms with Crippen molar-refractivity contribution in [3.63, 3.8) is 0 Å². The fourth-order valence-electron chi connectivity index (χ4n) is 2.56. The maximum atomic E-state index is 12.7. The van der Waals surface area contributed by atoms with Crippen LogP contribution in [0.3, 0.4) is 0 Å². The Bertz CT molecular complexity index is 455. The third-order valence-corrected chi connectivity index (χ3v) is 3.85. The lowest BCUT2D eigenvalue weighted by atomic mass is 10.1. The molecule has 0 bridgehead atoms. The van der Waals surface area contributed by atoms with Crippen molar-refractivity contribution in [3.05, 3.63) is 29.8 Å². The first kappa shape index (κ1) is 16.1. The summed E-state index contributed by atoms with van der Waals surface area (Å²) in [6.07, 6.45) is -4.32. The molecule has 1 atom stereocenters. The standard InChI is InChI=1S/C14H20F3N3O/c15-14(16,17)11-2-1-3-12(8-11)19-4-6-20(7-5-19)13(9-18)10-21/h1-3,8,13,21H,4-7,9-10,18H2. The van der Waals surface area contributed by atoms with Gasteiger partial charge in [-0.05, 0) is 18.2 Å². The van der Waals surface area contributed by atoms with E-state index < -0.39 is 11.7 Å². The summed E-state index contributed by atoms with van der Waals surface area (Å²) in [7, 11) is 0. The summed E-state index contributed by atoms with van der Waals surface area (Å²) in [6, 6.07) is 5.31. The molecular formula is C14H20F3N3O. The van der Waals surface area contributed by atoms with Gasteiger partial charge in [-0.3, -0.25) is 4.90 Å². The predicted octanol–water partition coefficient (Wildman–Crippen LogP) is 1.15. The summed E-state index contributed by atoms with van der Waals surface area (Å²) in [4.78, 5) is 4.00. The highest BCUT2D eigenvalue weighted by Crippen LogP contribution is 2.31. The molecule has 118 valence electrons. The van der Waals surface area contributed by atoms with Gasteiger partial charge in [-0.1, -0.05) is 6.07 Å². The van der Waals surface area contributed by atoms with Gasteiger partial charge in [0.25, 0.3) is 0 Å². The quantitative estimate of drug-likeness (QED) is 0.876. The van der Waals surface area contributed by atoms with E-state index in [1.54, 1.807) is 6.07 Å². The number of nitrogens with two attached hydrogens (primary N) is 1. The van der Waals surface area contributed by atoms with Crippen molar-refractivity contribution in [1.82, 2.24) is 4.90 Å². The minimum absolute atomic E-state index is 0.0000584. The molecule has 1 heterocycles. The number of nitrogens with zero attached hydrogens (tertiary/aromatic N) is 2. The van der Waals surface area contributed by atoms with Crippen molar-refractivity contribution in [2.24, 2.45) is 5.73 Å². The number of halogens is 3. The Morgan fingerprint density at radius 3 is 2.38 bits per heavy atom. The van der Waals surface area contributed by atoms with Crippen LogP contribution in [0, 0.1) is 0 Å². The molecule has 1 aliphatic heterocycles. The molecule has 1 unspecified atom stereocenters. The predicted molar refractivity (Wildman–Crippen MR) is 75.2 cm³/mol. The molecule has 0 saturated carbocycles. The van der Waals surface area contributed by atoms with Crippen LogP contribution in [0.15, 0.2) is 24.3 Å². The molecule has 0 spiro atoms. The van der Waals surface area contributed by atoms with Crippen molar-refractivity contribution in [2.75, 3.05) is 44.2 Å². The normalized spacial score (nSPS) is 18.8. The van der Waals surface area contributed by atoms with Gasteiger partial charge in [0.05, 0.1) is 12.2 Å². The van der Waals surface area contributed by atoms with Crippen molar-refractivity contribution in [1.29, 1.82) is 0 Å². The molecule has 0 amide bonds. The number of anilines is 1. The lowest BCUT2D eigenvalue weighted by Gasteiger charge is -2.39. The second kappa shape index (κ2) is 6.64. The van der Waals surface area contributed by atoms with Crippen LogP contribution in [0.5, 0.6) is 0 Å². The lowest BCUT2D eigenvalue weighted by molar-refractivity contribution is -0.137. The highest BCUT2D eigenvalue weighted by Gasteiger charge is 2.31. The van der Waals surface area contributed by atoms with E-state index in [1.807, 2.05) is 4.90 Å². The van der Waals surface area contributed by atoms with Gasteiger partial charge in [0.15, 0.2) is 0 Å². The molecule has 2 rings (SSSR count). The number of rotatable bonds is 4. The Balaban J connectivity index is 2.02. The zero-order valence-electron chi connectivity index (χ0n) is 11.7. The lowest BCUT2D eigenvalue weighted by Crippen LogP contribution is -2.53. The Labute approximate surface area is 121 Å². The first-order chi connectivity index (χ1) is 9.95. The van der Waals surface area contributed by atoms with E-state index in [0.717, 1.165) is 6.07 Å². The first-order valence-corrected chi connectivity index (χ1v) is 6.93. The van der Waals surface area contributed by atoms with E-state index >= 15 is 0 Å². The molecule has 0 aromatic heterocycles. The summed E-state index contributed by atoms with van der Waals surface area (Å²) >= 11 is 0. The summed E-state index contributed by atoms with van der Waals surface area (Å²) in [5.41, 5.74) is 5.54. The van der Waals surface area contributed by atoms with Crippen molar-refractivity contribution >= 4 is 5.69 Å². The Kier molecular flexibility index (Phi) is 5.08. The van der Waals surface area contributed by atoms with Gasteiger partial charge < -0.3 is 15.7 Å². The smallest absolute Gasteiger partial charge is 0.395 e. The molecule has 4 nitrogen and oxygen atoms in total. The van der Waals surface area contributed by atoms with Gasteiger partial charge in [-0.2, -0.15) is 13.2 Å². The van der Waals surface area contributed by atoms with Crippen LogP contribution in [0.4, 0.5) is 18.9 Å². The van der Waals surface area contributed by atoms with E-state index in [1.165, 1.54) is 12.1 Å². The van der Waals surface area contributed by atoms with E-state index in [2.05, 4.69) is 4.90 Å². The van der Waals surface area contributed by atoms with Gasteiger partial charge >= 0.3 is 6.18 Å². The van der Waals surface area contributed by atoms with Crippen LogP contribution < -0.4 is 10.6 Å². The number of hydrogen-bond acceptors (Lipinski definition) is 4. The Morgan fingerprint density at radius 1 is 1.19 bits per heavy atom. The molecule has 0 radical (unpaired) electrons. The number of alkyl halides is 3. The van der Waals surface area contributed by atoms with Crippen molar-refractivity contribution in [3.8, 4) is 0 Å². The fourth-order valence-corrected chi connectivity index (χ4v) is 2.56. The molecule has 1 aromatic carbocycles. The van der Waals surface area contributed by atoms with Crippen LogP contribution >= 0.6 is 0 Å². The second-order valence-electron chi connectivity index (χ2n) is 5.14. The minimum atomic E-state index is -4.32. The van der Waals surface area contributed by atoms with E-state index in [-0.39, 0.29) is 12.6 Å². The van der Waals surface area contributed by atoms with Crippen molar-refractivity contribution in [2.45, 2.75) is 12.2 Å². The molecular weight excluding hydrogens is 283 g/mol. The monoisotopic (exact) mass is 303 g/mol. The molecule has 0 aliphatic carbocycles. The average Bonchev–Trinajstić information content (AvgIpc) is 2.48. The second-order valence-corrected chi connectivity index (χ2v) is 5.14. The Hall–Kier alpha value is -1.31. The van der Waals surface area contributed by atoms with Crippen LogP contribution in [0.25, 0.3) is 0 Å². The average molecular weight is 303 g/mol. The number of benzene rings is 1. The third kappa shape index (κ3) is 3.87. The zero-order chi connectivity index (χ0) is 15.5. The highest BCUT2D eigenvalue weighted by molar-refractivity contribution is 5.49. The zero-order valence-corrected chi connectivity index (χ0v) is 11.7.